The first-order chi connectivity index (χ1) is 20.3. The van der Waals surface area contributed by atoms with Crippen LogP contribution in [0.1, 0.15) is 35.8 Å². The van der Waals surface area contributed by atoms with Crippen LogP contribution in [0.4, 0.5) is 16.2 Å². The molecule has 3 N–H and O–H groups in total. The third-order valence-electron chi connectivity index (χ3n) is 6.27. The van der Waals surface area contributed by atoms with Gasteiger partial charge in [-0.15, -0.1) is 0 Å². The molecule has 0 aliphatic heterocycles. The number of fused-ring (bicyclic) bond motifs is 1. The van der Waals surface area contributed by atoms with Crippen LogP contribution in [0, 0.1) is 0 Å². The van der Waals surface area contributed by atoms with E-state index in [4.69, 9.17) is 9.72 Å². The summed E-state index contributed by atoms with van der Waals surface area (Å²) in [5.41, 5.74) is 3.46. The SMILES string of the molecule is CNC(=O)Nc1ccc(Oc2ccc(C(=O)Nc3ccc(Br)cc3)cc2[AsH]c2ncnc3nc(C(C)C)ccc23)cc1. The van der Waals surface area contributed by atoms with Crippen LogP contribution < -0.4 is 29.5 Å². The molecule has 2 aromatic heterocycles. The van der Waals surface area contributed by atoms with Gasteiger partial charge >= 0.3 is 259 Å². The van der Waals surface area contributed by atoms with Gasteiger partial charge in [0.05, 0.1) is 0 Å². The van der Waals surface area contributed by atoms with Gasteiger partial charge in [-0.3, -0.25) is 0 Å². The Morgan fingerprint density at radius 2 is 1.60 bits per heavy atom. The van der Waals surface area contributed by atoms with Crippen LogP contribution in [0.2, 0.25) is 0 Å². The minimum atomic E-state index is -1.09. The van der Waals surface area contributed by atoms with Crippen LogP contribution in [-0.4, -0.2) is 49.7 Å². The van der Waals surface area contributed by atoms with Gasteiger partial charge in [0, 0.05) is 0 Å². The van der Waals surface area contributed by atoms with Crippen LogP contribution in [0.25, 0.3) is 11.0 Å². The summed E-state index contributed by atoms with van der Waals surface area (Å²) < 4.78 is 9.01. The summed E-state index contributed by atoms with van der Waals surface area (Å²) in [7, 11) is 1.56. The molecule has 9 nitrogen and oxygen atoms in total. The van der Waals surface area contributed by atoms with E-state index in [1.807, 2.05) is 48.5 Å². The van der Waals surface area contributed by atoms with E-state index < -0.39 is 15.8 Å². The van der Waals surface area contributed by atoms with Gasteiger partial charge in [-0.25, -0.2) is 0 Å². The summed E-state index contributed by atoms with van der Waals surface area (Å²) in [6, 6.07) is 23.7. The van der Waals surface area contributed by atoms with Gasteiger partial charge < -0.3 is 0 Å². The Bertz CT molecular complexity index is 1750. The molecule has 0 fully saturated rings. The number of halogens is 1. The fraction of sp³-hybridized carbons (Fsp3) is 0.129. The first-order valence-corrected chi connectivity index (χ1v) is 16.0. The van der Waals surface area contributed by atoms with E-state index >= 15 is 0 Å². The van der Waals surface area contributed by atoms with Gasteiger partial charge in [0.1, 0.15) is 0 Å². The maximum atomic E-state index is 13.2. The molecule has 1 atom stereocenters. The number of nitrogens with zero attached hydrogens (tertiary/aromatic N) is 3. The molecule has 5 rings (SSSR count). The molecule has 3 aromatic carbocycles. The number of carbonyl (C=O) groups excluding carboxylic acids is 2. The fourth-order valence-corrected chi connectivity index (χ4v) is 6.79. The van der Waals surface area contributed by atoms with Crippen molar-refractivity contribution in [1.82, 2.24) is 20.3 Å². The van der Waals surface area contributed by atoms with E-state index in [2.05, 4.69) is 55.7 Å². The van der Waals surface area contributed by atoms with Crippen LogP contribution in [0.15, 0.2) is 89.7 Å². The summed E-state index contributed by atoms with van der Waals surface area (Å²) in [6.45, 7) is 4.19. The third-order valence-corrected chi connectivity index (χ3v) is 9.52. The molecular weight excluding hydrogens is 659 g/mol. The fourth-order valence-electron chi connectivity index (χ4n) is 4.03. The van der Waals surface area contributed by atoms with Gasteiger partial charge in [0.15, 0.2) is 0 Å². The molecule has 5 aromatic rings. The second kappa shape index (κ2) is 13.1. The van der Waals surface area contributed by atoms with E-state index in [0.717, 1.165) is 24.4 Å². The van der Waals surface area contributed by atoms with E-state index in [0.29, 0.717) is 34.1 Å². The van der Waals surface area contributed by atoms with Crippen molar-refractivity contribution < 1.29 is 14.3 Å². The summed E-state index contributed by atoms with van der Waals surface area (Å²) in [4.78, 5) is 38.6. The summed E-state index contributed by atoms with van der Waals surface area (Å²) in [5, 5.41) is 9.10. The van der Waals surface area contributed by atoms with Gasteiger partial charge in [0.25, 0.3) is 0 Å². The molecule has 0 bridgehead atoms. The number of rotatable bonds is 8. The van der Waals surface area contributed by atoms with Crippen molar-refractivity contribution >= 4 is 74.9 Å². The average molecular weight is 687 g/mol. The third kappa shape index (κ3) is 7.13. The number of hydrogen-bond donors (Lipinski definition) is 3. The van der Waals surface area contributed by atoms with E-state index in [-0.39, 0.29) is 17.9 Å². The molecule has 42 heavy (non-hydrogen) atoms. The molecule has 0 saturated heterocycles. The minimum absolute atomic E-state index is 0.225. The number of amides is 3. The van der Waals surface area contributed by atoms with E-state index in [1.54, 1.807) is 43.7 Å². The predicted octanol–water partition coefficient (Wildman–Crippen LogP) is 5.09. The maximum absolute atomic E-state index is 13.2. The summed E-state index contributed by atoms with van der Waals surface area (Å²) >= 11 is 2.33. The number of urea groups is 1. The molecule has 3 amide bonds. The topological polar surface area (TPSA) is 118 Å². The standard InChI is InChI=1S/C31H28AsBrN6O3/c1-18(2)26-14-13-24-28(35-17-36-29(24)39-26)32-25-16-19(30(40)37-21-7-5-20(33)6-8-21)4-15-27(25)42-23-11-9-22(10-12-23)38-31(41)34-3/h4-18,32H,1-3H3,(H,37,40)(H2,34,38,41). The summed E-state index contributed by atoms with van der Waals surface area (Å²) in [5.74, 6) is 1.27. The predicted molar refractivity (Wildman–Crippen MR) is 171 cm³/mol. The Hall–Kier alpha value is -4.27. The Labute approximate surface area is 258 Å². The van der Waals surface area contributed by atoms with Crippen molar-refractivity contribution in [2.75, 3.05) is 17.7 Å². The molecule has 0 spiro atoms. The van der Waals surface area contributed by atoms with Crippen molar-refractivity contribution in [3.8, 4) is 11.5 Å². The molecule has 0 aliphatic carbocycles. The van der Waals surface area contributed by atoms with Crippen molar-refractivity contribution in [2.45, 2.75) is 19.8 Å². The first kappa shape index (κ1) is 29.2. The summed E-state index contributed by atoms with van der Waals surface area (Å²) in [6.07, 6.45) is 1.54. The average Bonchev–Trinajstić information content (AvgIpc) is 2.99. The number of carbonyl (C=O) groups is 2. The number of benzene rings is 3. The Kier molecular flexibility index (Phi) is 9.15. The van der Waals surface area contributed by atoms with Crippen LogP contribution in [0.3, 0.4) is 0 Å². The first-order valence-electron chi connectivity index (χ1n) is 13.2. The van der Waals surface area contributed by atoms with E-state index in [1.165, 1.54) is 0 Å². The number of nitrogens with one attached hydrogen (secondary N) is 3. The van der Waals surface area contributed by atoms with Crippen molar-refractivity contribution in [3.05, 3.63) is 101 Å². The number of pyridine rings is 1. The van der Waals surface area contributed by atoms with Gasteiger partial charge in [-0.1, -0.05) is 0 Å². The van der Waals surface area contributed by atoms with E-state index in [9.17, 15) is 9.59 Å². The van der Waals surface area contributed by atoms with Gasteiger partial charge in [-0.2, -0.15) is 0 Å². The Balaban J connectivity index is 1.48. The molecule has 0 radical (unpaired) electrons. The molecule has 1 unspecified atom stereocenters. The monoisotopic (exact) mass is 686 g/mol. The number of ether oxygens (including phenoxy) is 1. The Morgan fingerprint density at radius 1 is 0.881 bits per heavy atom. The second-order valence-corrected chi connectivity index (χ2v) is 13.2. The molecule has 212 valence electrons. The zero-order valence-corrected chi connectivity index (χ0v) is 26.8. The van der Waals surface area contributed by atoms with Crippen molar-refractivity contribution in [2.24, 2.45) is 0 Å². The van der Waals surface area contributed by atoms with Crippen LogP contribution >= 0.6 is 15.9 Å². The normalized spacial score (nSPS) is 11.2. The van der Waals surface area contributed by atoms with Gasteiger partial charge in [-0.05, 0) is 0 Å². The quantitative estimate of drug-likeness (QED) is 0.196. The number of anilines is 2. The van der Waals surface area contributed by atoms with Crippen LogP contribution in [0.5, 0.6) is 11.5 Å². The molecule has 0 saturated carbocycles. The van der Waals surface area contributed by atoms with Crippen molar-refractivity contribution in [3.63, 3.8) is 0 Å². The van der Waals surface area contributed by atoms with Gasteiger partial charge in [0.2, 0.25) is 0 Å². The zero-order chi connectivity index (χ0) is 29.6. The van der Waals surface area contributed by atoms with Crippen molar-refractivity contribution in [1.29, 1.82) is 0 Å². The molecule has 0 aliphatic rings. The zero-order valence-electron chi connectivity index (χ0n) is 23.1. The van der Waals surface area contributed by atoms with Crippen LogP contribution in [-0.2, 0) is 0 Å². The molecular formula is C31H28AsBrN6O3. The molecule has 11 heteroatoms. The number of hydrogen-bond acceptors (Lipinski definition) is 6. The number of aromatic nitrogens is 3. The Morgan fingerprint density at radius 3 is 2.31 bits per heavy atom. The molecule has 2 heterocycles. The second-order valence-electron chi connectivity index (χ2n) is 9.61.